The highest BCUT2D eigenvalue weighted by Crippen LogP contribution is 2.22. The third-order valence-electron chi connectivity index (χ3n) is 2.64. The van der Waals surface area contributed by atoms with Gasteiger partial charge in [0.2, 0.25) is 0 Å². The van der Waals surface area contributed by atoms with E-state index in [1.165, 1.54) is 0 Å². The summed E-state index contributed by atoms with van der Waals surface area (Å²) < 4.78 is 5.17. The third kappa shape index (κ3) is 2.84. The molecule has 14 heavy (non-hydrogen) atoms. The molecule has 0 radical (unpaired) electrons. The molecule has 1 aliphatic rings. The Bertz CT molecular complexity index is 223. The highest BCUT2D eigenvalue weighted by molar-refractivity contribution is 5.87. The molecule has 0 amide bonds. The van der Waals surface area contributed by atoms with E-state index >= 15 is 0 Å². The van der Waals surface area contributed by atoms with Gasteiger partial charge in [0.25, 0.3) is 0 Å². The smallest absolute Gasteiger partial charge is 0.333 e. The largest absolute Gasteiger partial charge is 0.456 e. The van der Waals surface area contributed by atoms with Gasteiger partial charge in [0.15, 0.2) is 0 Å². The lowest BCUT2D eigenvalue weighted by Gasteiger charge is -2.27. The lowest BCUT2D eigenvalue weighted by atomic mass is 9.95. The first kappa shape index (κ1) is 11.2. The van der Waals surface area contributed by atoms with Crippen LogP contribution < -0.4 is 0 Å². The van der Waals surface area contributed by atoms with Crippen molar-refractivity contribution in [2.75, 3.05) is 0 Å². The average molecular weight is 198 g/mol. The van der Waals surface area contributed by atoms with E-state index in [-0.39, 0.29) is 12.1 Å². The van der Waals surface area contributed by atoms with E-state index in [0.717, 1.165) is 25.7 Å². The van der Waals surface area contributed by atoms with Crippen molar-refractivity contribution in [3.63, 3.8) is 0 Å². The topological polar surface area (TPSA) is 46.5 Å². The fourth-order valence-corrected chi connectivity index (χ4v) is 1.58. The predicted molar refractivity (Wildman–Crippen MR) is 53.8 cm³/mol. The van der Waals surface area contributed by atoms with Crippen LogP contribution in [0.25, 0.3) is 0 Å². The fourth-order valence-electron chi connectivity index (χ4n) is 1.58. The molecule has 1 rings (SSSR count). The number of hydrogen-bond acceptors (Lipinski definition) is 3. The zero-order valence-corrected chi connectivity index (χ0v) is 8.66. The van der Waals surface area contributed by atoms with Crippen molar-refractivity contribution in [2.45, 2.75) is 51.2 Å². The van der Waals surface area contributed by atoms with Gasteiger partial charge in [-0.05, 0) is 25.7 Å². The van der Waals surface area contributed by atoms with Gasteiger partial charge in [0.05, 0.1) is 6.10 Å². The van der Waals surface area contributed by atoms with Crippen molar-refractivity contribution >= 4 is 5.97 Å². The van der Waals surface area contributed by atoms with Gasteiger partial charge in [0.1, 0.15) is 6.10 Å². The molecule has 0 aromatic carbocycles. The van der Waals surface area contributed by atoms with Crippen LogP contribution in [0.15, 0.2) is 12.2 Å². The van der Waals surface area contributed by atoms with E-state index in [9.17, 15) is 9.90 Å². The molecule has 1 N–H and O–H groups in total. The van der Waals surface area contributed by atoms with Crippen LogP contribution in [0.1, 0.15) is 39.0 Å². The van der Waals surface area contributed by atoms with E-state index in [2.05, 4.69) is 6.58 Å². The van der Waals surface area contributed by atoms with Gasteiger partial charge in [-0.1, -0.05) is 19.9 Å². The van der Waals surface area contributed by atoms with Crippen LogP contribution in [0.4, 0.5) is 0 Å². The molecule has 3 nitrogen and oxygen atoms in total. The molecular weight excluding hydrogens is 180 g/mol. The molecule has 2 atom stereocenters. The number of aliphatic hydroxyl groups excluding tert-OH is 1. The minimum Gasteiger partial charge on any atom is -0.456 e. The Hall–Kier alpha value is -0.830. The van der Waals surface area contributed by atoms with E-state index in [1.54, 1.807) is 0 Å². The molecule has 0 saturated heterocycles. The average Bonchev–Trinajstić information content (AvgIpc) is 2.20. The van der Waals surface area contributed by atoms with Crippen molar-refractivity contribution in [1.82, 2.24) is 0 Å². The van der Waals surface area contributed by atoms with Crippen LogP contribution in [0.3, 0.4) is 0 Å². The molecule has 2 unspecified atom stereocenters. The fraction of sp³-hybridized carbons (Fsp3) is 0.727. The standard InChI is InChI=1S/C11H18O3/c1-3-8(2)11(13)14-10-7-5-4-6-9(10)12/h9-10,12H,2-7H2,1H3. The van der Waals surface area contributed by atoms with Crippen LogP contribution in [-0.4, -0.2) is 23.3 Å². The zero-order chi connectivity index (χ0) is 10.6. The number of esters is 1. The minimum absolute atomic E-state index is 0.320. The van der Waals surface area contributed by atoms with Crippen molar-refractivity contribution in [3.8, 4) is 0 Å². The minimum atomic E-state index is -0.489. The van der Waals surface area contributed by atoms with Crippen molar-refractivity contribution in [2.24, 2.45) is 0 Å². The molecule has 0 aliphatic heterocycles. The molecule has 0 aromatic rings. The number of carbonyl (C=O) groups excluding carboxylic acids is 1. The van der Waals surface area contributed by atoms with Crippen LogP contribution in [0, 0.1) is 0 Å². The summed E-state index contributed by atoms with van der Waals surface area (Å²) in [6.45, 7) is 5.47. The van der Waals surface area contributed by atoms with Crippen molar-refractivity contribution in [1.29, 1.82) is 0 Å². The Morgan fingerprint density at radius 1 is 1.50 bits per heavy atom. The molecule has 0 aromatic heterocycles. The Kier molecular flexibility index (Phi) is 4.14. The van der Waals surface area contributed by atoms with Gasteiger partial charge in [-0.3, -0.25) is 0 Å². The summed E-state index contributed by atoms with van der Waals surface area (Å²) in [5.41, 5.74) is 0.475. The maximum absolute atomic E-state index is 11.4. The number of rotatable bonds is 3. The van der Waals surface area contributed by atoms with Gasteiger partial charge in [-0.15, -0.1) is 0 Å². The molecule has 3 heteroatoms. The zero-order valence-electron chi connectivity index (χ0n) is 8.66. The molecular formula is C11H18O3. The Morgan fingerprint density at radius 2 is 2.14 bits per heavy atom. The van der Waals surface area contributed by atoms with Gasteiger partial charge in [-0.2, -0.15) is 0 Å². The predicted octanol–water partition coefficient (Wildman–Crippen LogP) is 1.80. The Balaban J connectivity index is 2.42. The highest BCUT2D eigenvalue weighted by atomic mass is 16.6. The Morgan fingerprint density at radius 3 is 2.71 bits per heavy atom. The molecule has 1 fully saturated rings. The summed E-state index contributed by atoms with van der Waals surface area (Å²) in [6, 6.07) is 0. The van der Waals surface area contributed by atoms with Gasteiger partial charge in [0, 0.05) is 5.57 Å². The normalized spacial score (nSPS) is 27.0. The van der Waals surface area contributed by atoms with Crippen LogP contribution in [0.2, 0.25) is 0 Å². The summed E-state index contributed by atoms with van der Waals surface area (Å²) in [5, 5.41) is 9.57. The van der Waals surface area contributed by atoms with Crippen molar-refractivity contribution in [3.05, 3.63) is 12.2 Å². The summed E-state index contributed by atoms with van der Waals surface area (Å²) in [5.74, 6) is -0.363. The number of ether oxygens (including phenoxy) is 1. The highest BCUT2D eigenvalue weighted by Gasteiger charge is 2.26. The SMILES string of the molecule is C=C(CC)C(=O)OC1CCCCC1O. The van der Waals surface area contributed by atoms with Crippen LogP contribution in [0.5, 0.6) is 0 Å². The van der Waals surface area contributed by atoms with E-state index in [0.29, 0.717) is 12.0 Å². The summed E-state index contributed by atoms with van der Waals surface area (Å²) in [7, 11) is 0. The molecule has 0 heterocycles. The second-order valence-corrected chi connectivity index (χ2v) is 3.75. The first-order valence-corrected chi connectivity index (χ1v) is 5.22. The second-order valence-electron chi connectivity index (χ2n) is 3.75. The molecule has 80 valence electrons. The number of aliphatic hydroxyl groups is 1. The van der Waals surface area contributed by atoms with Crippen molar-refractivity contribution < 1.29 is 14.6 Å². The van der Waals surface area contributed by atoms with Gasteiger partial charge >= 0.3 is 5.97 Å². The lowest BCUT2D eigenvalue weighted by molar-refractivity contribution is -0.152. The second kappa shape index (κ2) is 5.15. The molecule has 0 spiro atoms. The summed E-state index contributed by atoms with van der Waals surface area (Å²) in [4.78, 5) is 11.4. The third-order valence-corrected chi connectivity index (χ3v) is 2.64. The number of carbonyl (C=O) groups is 1. The maximum atomic E-state index is 11.4. The number of hydrogen-bond donors (Lipinski definition) is 1. The summed E-state index contributed by atoms with van der Waals surface area (Å²) >= 11 is 0. The first-order valence-electron chi connectivity index (χ1n) is 5.22. The maximum Gasteiger partial charge on any atom is 0.333 e. The molecule has 0 bridgehead atoms. The van der Waals surface area contributed by atoms with Crippen LogP contribution >= 0.6 is 0 Å². The van der Waals surface area contributed by atoms with Gasteiger partial charge < -0.3 is 9.84 Å². The lowest BCUT2D eigenvalue weighted by Crippen LogP contribution is -2.34. The van der Waals surface area contributed by atoms with E-state index < -0.39 is 6.10 Å². The summed E-state index contributed by atoms with van der Waals surface area (Å²) in [6.07, 6.45) is 3.33. The van der Waals surface area contributed by atoms with E-state index in [4.69, 9.17) is 4.74 Å². The molecule has 1 saturated carbocycles. The van der Waals surface area contributed by atoms with Crippen LogP contribution in [-0.2, 0) is 9.53 Å². The quantitative estimate of drug-likeness (QED) is 0.555. The van der Waals surface area contributed by atoms with Gasteiger partial charge in [-0.25, -0.2) is 4.79 Å². The molecule has 1 aliphatic carbocycles. The Labute approximate surface area is 84.8 Å². The monoisotopic (exact) mass is 198 g/mol. The van der Waals surface area contributed by atoms with E-state index in [1.807, 2.05) is 6.92 Å². The first-order chi connectivity index (χ1) is 6.65.